The van der Waals surface area contributed by atoms with E-state index in [9.17, 15) is 14.9 Å². The largest absolute Gasteiger partial charge is 0.492 e. The number of hydrogen-bond acceptors (Lipinski definition) is 5. The quantitative estimate of drug-likeness (QED) is 0.615. The van der Waals surface area contributed by atoms with Gasteiger partial charge in [0, 0.05) is 44.0 Å². The monoisotopic (exact) mass is 367 g/mol. The molecule has 4 rings (SSSR count). The number of hydrogen-bond donors (Lipinski definition) is 0. The van der Waals surface area contributed by atoms with Crippen molar-refractivity contribution in [2.45, 2.75) is 6.42 Å². The smallest absolute Gasteiger partial charge is 0.269 e. The Morgan fingerprint density at radius 2 is 1.74 bits per heavy atom. The second kappa shape index (κ2) is 7.26. The molecule has 140 valence electrons. The Hall–Kier alpha value is -3.09. The minimum Gasteiger partial charge on any atom is -0.492 e. The van der Waals surface area contributed by atoms with E-state index in [1.54, 1.807) is 12.1 Å². The van der Waals surface area contributed by atoms with E-state index >= 15 is 0 Å². The van der Waals surface area contributed by atoms with Crippen molar-refractivity contribution in [1.82, 2.24) is 4.90 Å². The van der Waals surface area contributed by atoms with Gasteiger partial charge < -0.3 is 14.5 Å². The normalized spacial score (nSPS) is 19.2. The molecule has 0 bridgehead atoms. The van der Waals surface area contributed by atoms with Crippen LogP contribution >= 0.6 is 0 Å². The maximum atomic E-state index is 12.9. The number of anilines is 1. The number of non-ortho nitro benzene ring substituents is 1. The lowest BCUT2D eigenvalue weighted by Crippen LogP contribution is -2.51. The lowest BCUT2D eigenvalue weighted by Gasteiger charge is -2.38. The molecule has 1 saturated heterocycles. The predicted octanol–water partition coefficient (Wildman–Crippen LogP) is 2.49. The van der Waals surface area contributed by atoms with Gasteiger partial charge in [0.15, 0.2) is 0 Å². The molecule has 1 atom stereocenters. The molecule has 2 aromatic carbocycles. The number of amides is 1. The third-order valence-corrected chi connectivity index (χ3v) is 5.25. The van der Waals surface area contributed by atoms with Gasteiger partial charge in [-0.25, -0.2) is 0 Å². The van der Waals surface area contributed by atoms with Crippen LogP contribution in [0.15, 0.2) is 48.5 Å². The molecule has 7 heteroatoms. The third-order valence-electron chi connectivity index (χ3n) is 5.25. The Kier molecular flexibility index (Phi) is 4.66. The first-order valence-electron chi connectivity index (χ1n) is 9.11. The number of ether oxygens (including phenoxy) is 1. The van der Waals surface area contributed by atoms with Crippen molar-refractivity contribution in [1.29, 1.82) is 0 Å². The van der Waals surface area contributed by atoms with Crippen LogP contribution in [0.25, 0.3) is 0 Å². The number of nitro benzene ring substituents is 1. The molecule has 0 saturated carbocycles. The van der Waals surface area contributed by atoms with E-state index in [1.165, 1.54) is 12.1 Å². The highest BCUT2D eigenvalue weighted by Gasteiger charge is 2.31. The average molecular weight is 367 g/mol. The van der Waals surface area contributed by atoms with Crippen LogP contribution in [0, 0.1) is 16.0 Å². The Balaban J connectivity index is 1.35. The Morgan fingerprint density at radius 3 is 2.44 bits per heavy atom. The van der Waals surface area contributed by atoms with Gasteiger partial charge in [0.2, 0.25) is 5.91 Å². The lowest BCUT2D eigenvalue weighted by molar-refractivity contribution is -0.384. The summed E-state index contributed by atoms with van der Waals surface area (Å²) in [6.45, 7) is 3.15. The minimum absolute atomic E-state index is 0.0881. The van der Waals surface area contributed by atoms with Crippen LogP contribution in [0.4, 0.5) is 11.4 Å². The molecule has 0 aliphatic carbocycles. The number of rotatable bonds is 3. The van der Waals surface area contributed by atoms with Gasteiger partial charge in [-0.1, -0.05) is 18.2 Å². The summed E-state index contributed by atoms with van der Waals surface area (Å²) in [4.78, 5) is 27.3. The number of para-hydroxylation sites is 1. The SMILES string of the molecule is O=C(C1COc2ccccc2C1)N1CCN(c2ccc([N+](=O)[O-])cc2)CC1. The van der Waals surface area contributed by atoms with E-state index in [2.05, 4.69) is 4.90 Å². The van der Waals surface area contributed by atoms with Crippen molar-refractivity contribution in [2.24, 2.45) is 5.92 Å². The second-order valence-electron chi connectivity index (χ2n) is 6.91. The van der Waals surface area contributed by atoms with Crippen LogP contribution in [-0.2, 0) is 11.2 Å². The average Bonchev–Trinajstić information content (AvgIpc) is 2.73. The number of nitro groups is 1. The van der Waals surface area contributed by atoms with Crippen LogP contribution in [0.5, 0.6) is 5.75 Å². The number of piperazine rings is 1. The molecular weight excluding hydrogens is 346 g/mol. The van der Waals surface area contributed by atoms with Crippen molar-refractivity contribution >= 4 is 17.3 Å². The first-order valence-corrected chi connectivity index (χ1v) is 9.11. The van der Waals surface area contributed by atoms with Crippen molar-refractivity contribution in [3.8, 4) is 5.75 Å². The standard InChI is InChI=1S/C20H21N3O4/c24-20(16-13-15-3-1-2-4-19(15)27-14-16)22-11-9-21(10-12-22)17-5-7-18(8-6-17)23(25)26/h1-8,16H,9-14H2. The number of fused-ring (bicyclic) bond motifs is 1. The molecule has 0 aromatic heterocycles. The van der Waals surface area contributed by atoms with Crippen LogP contribution < -0.4 is 9.64 Å². The highest BCUT2D eigenvalue weighted by molar-refractivity contribution is 5.80. The first kappa shape index (κ1) is 17.3. The van der Waals surface area contributed by atoms with Gasteiger partial charge in [0.25, 0.3) is 5.69 Å². The summed E-state index contributed by atoms with van der Waals surface area (Å²) in [6, 6.07) is 14.4. The Labute approximate surface area is 157 Å². The number of benzene rings is 2. The lowest BCUT2D eigenvalue weighted by atomic mass is 9.95. The van der Waals surface area contributed by atoms with Gasteiger partial charge in [0.05, 0.1) is 10.8 Å². The molecule has 1 fully saturated rings. The molecule has 1 unspecified atom stereocenters. The molecule has 0 radical (unpaired) electrons. The zero-order valence-corrected chi connectivity index (χ0v) is 14.9. The highest BCUT2D eigenvalue weighted by atomic mass is 16.6. The van der Waals surface area contributed by atoms with Crippen molar-refractivity contribution in [3.63, 3.8) is 0 Å². The third kappa shape index (κ3) is 3.58. The van der Waals surface area contributed by atoms with E-state index in [4.69, 9.17) is 4.74 Å². The zero-order valence-electron chi connectivity index (χ0n) is 14.9. The van der Waals surface area contributed by atoms with Crippen molar-refractivity contribution in [3.05, 3.63) is 64.2 Å². The molecule has 0 spiro atoms. The van der Waals surface area contributed by atoms with E-state index in [0.717, 1.165) is 23.4 Å². The predicted molar refractivity (Wildman–Crippen MR) is 101 cm³/mol. The molecule has 27 heavy (non-hydrogen) atoms. The molecule has 2 aliphatic heterocycles. The van der Waals surface area contributed by atoms with Crippen LogP contribution in [0.3, 0.4) is 0 Å². The van der Waals surface area contributed by atoms with Gasteiger partial charge >= 0.3 is 0 Å². The minimum atomic E-state index is -0.398. The summed E-state index contributed by atoms with van der Waals surface area (Å²) < 4.78 is 5.76. The van der Waals surface area contributed by atoms with E-state index in [-0.39, 0.29) is 17.5 Å². The molecule has 0 N–H and O–H groups in total. The van der Waals surface area contributed by atoms with E-state index < -0.39 is 4.92 Å². The summed E-state index contributed by atoms with van der Waals surface area (Å²) in [6.07, 6.45) is 0.720. The van der Waals surface area contributed by atoms with Gasteiger partial charge in [-0.2, -0.15) is 0 Å². The molecule has 1 amide bonds. The molecule has 7 nitrogen and oxygen atoms in total. The van der Waals surface area contributed by atoms with Gasteiger partial charge in [-0.3, -0.25) is 14.9 Å². The maximum absolute atomic E-state index is 12.9. The Bertz CT molecular complexity index is 845. The number of carbonyl (C=O) groups is 1. The summed E-state index contributed by atoms with van der Waals surface area (Å²) in [7, 11) is 0. The van der Waals surface area contributed by atoms with Gasteiger partial charge in [-0.15, -0.1) is 0 Å². The first-order chi connectivity index (χ1) is 13.1. The molecule has 2 aromatic rings. The fourth-order valence-electron chi connectivity index (χ4n) is 3.72. The fraction of sp³-hybridized carbons (Fsp3) is 0.350. The summed E-state index contributed by atoms with van der Waals surface area (Å²) >= 11 is 0. The Morgan fingerprint density at radius 1 is 1.04 bits per heavy atom. The maximum Gasteiger partial charge on any atom is 0.269 e. The fourth-order valence-corrected chi connectivity index (χ4v) is 3.72. The number of nitrogens with zero attached hydrogens (tertiary/aromatic N) is 3. The number of carbonyl (C=O) groups excluding carboxylic acids is 1. The summed E-state index contributed by atoms with van der Waals surface area (Å²) in [5.41, 5.74) is 2.12. The highest BCUT2D eigenvalue weighted by Crippen LogP contribution is 2.28. The van der Waals surface area contributed by atoms with Crippen molar-refractivity contribution < 1.29 is 14.5 Å². The zero-order chi connectivity index (χ0) is 18.8. The van der Waals surface area contributed by atoms with Gasteiger partial charge in [0.1, 0.15) is 12.4 Å². The molecule has 2 heterocycles. The van der Waals surface area contributed by atoms with Crippen LogP contribution in [0.2, 0.25) is 0 Å². The molecular formula is C20H21N3O4. The van der Waals surface area contributed by atoms with Crippen LogP contribution in [0.1, 0.15) is 5.56 Å². The summed E-state index contributed by atoms with van der Waals surface area (Å²) in [5.74, 6) is 0.892. The summed E-state index contributed by atoms with van der Waals surface area (Å²) in [5, 5.41) is 10.8. The van der Waals surface area contributed by atoms with Crippen molar-refractivity contribution in [2.75, 3.05) is 37.7 Å². The molecule has 2 aliphatic rings. The second-order valence-corrected chi connectivity index (χ2v) is 6.91. The topological polar surface area (TPSA) is 75.9 Å². The van der Waals surface area contributed by atoms with Crippen LogP contribution in [-0.4, -0.2) is 48.5 Å². The van der Waals surface area contributed by atoms with E-state index in [1.807, 2.05) is 29.2 Å². The van der Waals surface area contributed by atoms with Gasteiger partial charge in [-0.05, 0) is 30.2 Å². The van der Waals surface area contributed by atoms with E-state index in [0.29, 0.717) is 32.8 Å².